The molecular formula is C44H30N4O2. The molecule has 8 bridgehead atoms. The largest absolute Gasteiger partial charge is 0.504 e. The predicted octanol–water partition coefficient (Wildman–Crippen LogP) is 10.7. The number of H-pyrrole nitrogens is 2. The first-order chi connectivity index (χ1) is 24.6. The number of hydrogen-bond acceptors (Lipinski definition) is 4. The maximum Gasteiger partial charge on any atom is 0.165 e. The molecular weight excluding hydrogens is 617 g/mol. The molecule has 238 valence electrons. The van der Waals surface area contributed by atoms with Gasteiger partial charge in [-0.3, -0.25) is 0 Å². The zero-order chi connectivity index (χ0) is 33.6. The van der Waals surface area contributed by atoms with Gasteiger partial charge in [-0.15, -0.1) is 0 Å². The van der Waals surface area contributed by atoms with Crippen molar-refractivity contribution in [3.63, 3.8) is 0 Å². The van der Waals surface area contributed by atoms with Crippen molar-refractivity contribution in [1.82, 2.24) is 19.9 Å². The van der Waals surface area contributed by atoms with Crippen LogP contribution in [0.15, 0.2) is 133 Å². The first-order valence-corrected chi connectivity index (χ1v) is 16.5. The van der Waals surface area contributed by atoms with Gasteiger partial charge >= 0.3 is 0 Å². The molecule has 0 radical (unpaired) electrons. The van der Waals surface area contributed by atoms with Crippen molar-refractivity contribution < 1.29 is 10.2 Å². The molecule has 9 rings (SSSR count). The number of fused-ring (bicyclic) bond motifs is 8. The van der Waals surface area contributed by atoms with E-state index >= 15 is 0 Å². The van der Waals surface area contributed by atoms with E-state index in [4.69, 9.17) is 9.97 Å². The Morgan fingerprint density at radius 2 is 0.720 bits per heavy atom. The summed E-state index contributed by atoms with van der Waals surface area (Å²) in [6.07, 6.45) is 8.13. The van der Waals surface area contributed by atoms with Crippen LogP contribution in [-0.2, 0) is 0 Å². The minimum atomic E-state index is -0.211. The van der Waals surface area contributed by atoms with Gasteiger partial charge in [0.2, 0.25) is 0 Å². The lowest BCUT2D eigenvalue weighted by Gasteiger charge is -2.08. The summed E-state index contributed by atoms with van der Waals surface area (Å²) in [7, 11) is 0. The molecule has 2 aliphatic heterocycles. The van der Waals surface area contributed by atoms with Crippen LogP contribution in [0.25, 0.3) is 90.9 Å². The van der Waals surface area contributed by atoms with Gasteiger partial charge in [-0.1, -0.05) is 103 Å². The minimum absolute atomic E-state index is 0.202. The van der Waals surface area contributed by atoms with E-state index in [2.05, 4.69) is 70.7 Å². The van der Waals surface area contributed by atoms with Crippen LogP contribution in [0.2, 0.25) is 0 Å². The molecule has 0 unspecified atom stereocenters. The number of nitrogens with zero attached hydrogens (tertiary/aromatic N) is 2. The van der Waals surface area contributed by atoms with Gasteiger partial charge in [0.15, 0.2) is 11.5 Å². The van der Waals surface area contributed by atoms with Crippen LogP contribution in [-0.4, -0.2) is 30.1 Å². The van der Waals surface area contributed by atoms with Gasteiger partial charge in [0.05, 0.1) is 22.8 Å². The first kappa shape index (κ1) is 29.2. The summed E-state index contributed by atoms with van der Waals surface area (Å²) in [6.45, 7) is 0. The number of phenolic OH excluding ortho intramolecular Hbond substituents is 2. The Morgan fingerprint density at radius 3 is 1.12 bits per heavy atom. The van der Waals surface area contributed by atoms with Crippen LogP contribution in [0.1, 0.15) is 22.8 Å². The average molecular weight is 647 g/mol. The monoisotopic (exact) mass is 646 g/mol. The standard InChI is InChI=1S/C44H30N4O2/c49-39-18-10-17-30(44(39)50)43-37-25-23-35(47-37)41(28-13-6-2-7-14-28)33-21-19-31(45-33)40(27-11-4-1-5-12-27)32-20-22-34(46-32)42(29-15-8-3-9-16-29)36-24-26-38(43)48-36/h1-26,45,48-50H. The molecule has 4 N–H and O–H groups in total. The van der Waals surface area contributed by atoms with Crippen LogP contribution < -0.4 is 0 Å². The molecule has 4 aromatic carbocycles. The molecule has 6 nitrogen and oxygen atoms in total. The lowest BCUT2D eigenvalue weighted by molar-refractivity contribution is 0.405. The molecule has 6 heteroatoms. The molecule has 5 heterocycles. The molecule has 2 aliphatic rings. The highest BCUT2D eigenvalue weighted by Crippen LogP contribution is 2.42. The highest BCUT2D eigenvalue weighted by molar-refractivity contribution is 6.00. The van der Waals surface area contributed by atoms with Crippen LogP contribution in [0, 0.1) is 0 Å². The smallest absolute Gasteiger partial charge is 0.165 e. The van der Waals surface area contributed by atoms with E-state index in [1.54, 1.807) is 12.1 Å². The van der Waals surface area contributed by atoms with E-state index in [-0.39, 0.29) is 11.5 Å². The zero-order valence-corrected chi connectivity index (χ0v) is 26.8. The maximum atomic E-state index is 11.2. The van der Waals surface area contributed by atoms with Gasteiger partial charge in [-0.05, 0) is 71.3 Å². The molecule has 50 heavy (non-hydrogen) atoms. The van der Waals surface area contributed by atoms with Gasteiger partial charge < -0.3 is 20.2 Å². The van der Waals surface area contributed by atoms with Gasteiger partial charge in [0.25, 0.3) is 0 Å². The van der Waals surface area contributed by atoms with E-state index in [0.29, 0.717) is 16.8 Å². The van der Waals surface area contributed by atoms with Gasteiger partial charge in [-0.2, -0.15) is 0 Å². The average Bonchev–Trinajstić information content (AvgIpc) is 3.99. The topological polar surface area (TPSA) is 97.8 Å². The summed E-state index contributed by atoms with van der Waals surface area (Å²) < 4.78 is 0. The summed E-state index contributed by atoms with van der Waals surface area (Å²) in [5.41, 5.74) is 13.6. The van der Waals surface area contributed by atoms with Gasteiger partial charge in [-0.25, -0.2) is 9.97 Å². The number of rotatable bonds is 4. The van der Waals surface area contributed by atoms with Crippen molar-refractivity contribution in [1.29, 1.82) is 0 Å². The predicted molar refractivity (Wildman–Crippen MR) is 204 cm³/mol. The third kappa shape index (κ3) is 4.98. The van der Waals surface area contributed by atoms with Crippen molar-refractivity contribution in [2.45, 2.75) is 0 Å². The van der Waals surface area contributed by atoms with Crippen molar-refractivity contribution >= 4 is 46.4 Å². The Kier molecular flexibility index (Phi) is 6.99. The fourth-order valence-corrected chi connectivity index (χ4v) is 6.95. The SMILES string of the molecule is Oc1cccc(-c2c3nc(c(-c4ccccc4)c4ccc([nH]4)c(-c4ccccc4)c4nc(c(-c5ccccc5)c5ccc2[nH]5)C=C4)C=C3)c1O. The second kappa shape index (κ2) is 12.0. The first-order valence-electron chi connectivity index (χ1n) is 16.5. The Bertz CT molecular complexity index is 2620. The molecule has 0 amide bonds. The normalized spacial score (nSPS) is 12.0. The maximum absolute atomic E-state index is 11.2. The number of para-hydroxylation sites is 1. The summed E-state index contributed by atoms with van der Waals surface area (Å²) in [5, 5.41) is 21.8. The number of aromatic amines is 2. The quantitative estimate of drug-likeness (QED) is 0.143. The van der Waals surface area contributed by atoms with Crippen molar-refractivity contribution in [2.24, 2.45) is 0 Å². The summed E-state index contributed by atoms with van der Waals surface area (Å²) in [5.74, 6) is -0.413. The third-order valence-electron chi connectivity index (χ3n) is 9.23. The summed E-state index contributed by atoms with van der Waals surface area (Å²) >= 11 is 0. The highest BCUT2D eigenvalue weighted by Gasteiger charge is 2.20. The van der Waals surface area contributed by atoms with Crippen molar-refractivity contribution in [2.75, 3.05) is 0 Å². The second-order valence-corrected chi connectivity index (χ2v) is 12.3. The molecule has 0 saturated heterocycles. The summed E-state index contributed by atoms with van der Waals surface area (Å²) in [4.78, 5) is 17.9. The fourth-order valence-electron chi connectivity index (χ4n) is 6.95. The molecule has 0 atom stereocenters. The Balaban J connectivity index is 1.49. The van der Waals surface area contributed by atoms with E-state index < -0.39 is 0 Å². The molecule has 0 saturated carbocycles. The molecule has 0 fully saturated rings. The van der Waals surface area contributed by atoms with E-state index in [0.717, 1.165) is 72.5 Å². The van der Waals surface area contributed by atoms with Crippen LogP contribution in [0.3, 0.4) is 0 Å². The second-order valence-electron chi connectivity index (χ2n) is 12.3. The minimum Gasteiger partial charge on any atom is -0.504 e. The molecule has 0 spiro atoms. The third-order valence-corrected chi connectivity index (χ3v) is 9.23. The zero-order valence-electron chi connectivity index (χ0n) is 26.8. The number of aromatic hydroxyl groups is 2. The number of phenols is 2. The van der Waals surface area contributed by atoms with Crippen molar-refractivity contribution in [3.8, 4) is 56.0 Å². The molecule has 0 aliphatic carbocycles. The molecule has 3 aromatic heterocycles. The Labute approximate surface area is 288 Å². The summed E-state index contributed by atoms with van der Waals surface area (Å²) in [6, 6.07) is 44.0. The van der Waals surface area contributed by atoms with E-state index in [1.165, 1.54) is 6.07 Å². The van der Waals surface area contributed by atoms with Gasteiger partial charge in [0, 0.05) is 49.9 Å². The Morgan fingerprint density at radius 1 is 0.360 bits per heavy atom. The lowest BCUT2D eigenvalue weighted by Crippen LogP contribution is -1.90. The lowest BCUT2D eigenvalue weighted by atomic mass is 10.0. The number of nitrogens with one attached hydrogen (secondary N) is 2. The Hall–Kier alpha value is -6.92. The molecule has 7 aromatic rings. The number of hydrogen-bond donors (Lipinski definition) is 4. The highest BCUT2D eigenvalue weighted by atomic mass is 16.3. The number of benzene rings is 4. The van der Waals surface area contributed by atoms with E-state index in [9.17, 15) is 10.2 Å². The fraction of sp³-hybridized carbons (Fsp3) is 0. The van der Waals surface area contributed by atoms with Gasteiger partial charge in [0.1, 0.15) is 0 Å². The number of aromatic nitrogens is 4. The van der Waals surface area contributed by atoms with Crippen LogP contribution >= 0.6 is 0 Å². The van der Waals surface area contributed by atoms with E-state index in [1.807, 2.05) is 78.9 Å². The van der Waals surface area contributed by atoms with Crippen LogP contribution in [0.4, 0.5) is 0 Å². The van der Waals surface area contributed by atoms with Crippen LogP contribution in [0.5, 0.6) is 11.5 Å². The van der Waals surface area contributed by atoms with Crippen molar-refractivity contribution in [3.05, 3.63) is 156 Å².